The van der Waals surface area contributed by atoms with Crippen molar-refractivity contribution >= 4 is 6.09 Å². The molecular formula is C15H19NO5. The molecule has 2 heterocycles. The van der Waals surface area contributed by atoms with Gasteiger partial charge in [-0.3, -0.25) is 0 Å². The summed E-state index contributed by atoms with van der Waals surface area (Å²) in [5, 5.41) is 2.70. The number of carbonyl (C=O) groups excluding carboxylic acids is 1. The normalized spacial score (nSPS) is 27.8. The number of fused-ring (bicyclic) bond motifs is 1. The van der Waals surface area contributed by atoms with Crippen molar-refractivity contribution in [1.82, 2.24) is 5.32 Å². The maximum Gasteiger partial charge on any atom is 0.407 e. The Hall–Kier alpha value is -1.63. The molecule has 0 radical (unpaired) electrons. The zero-order valence-electron chi connectivity index (χ0n) is 11.9. The summed E-state index contributed by atoms with van der Waals surface area (Å²) >= 11 is 0. The molecule has 0 aromatic heterocycles. The van der Waals surface area contributed by atoms with E-state index in [1.807, 2.05) is 30.3 Å². The van der Waals surface area contributed by atoms with E-state index < -0.39 is 6.09 Å². The van der Waals surface area contributed by atoms with Crippen molar-refractivity contribution in [1.29, 1.82) is 0 Å². The van der Waals surface area contributed by atoms with Gasteiger partial charge in [0.15, 0.2) is 0 Å². The van der Waals surface area contributed by atoms with E-state index in [-0.39, 0.29) is 31.0 Å². The van der Waals surface area contributed by atoms with Gasteiger partial charge in [-0.15, -0.1) is 0 Å². The first-order valence-electron chi connectivity index (χ1n) is 7.02. The molecule has 6 heteroatoms. The number of hydrogen-bond donors (Lipinski definition) is 1. The Labute approximate surface area is 123 Å². The third-order valence-electron chi connectivity index (χ3n) is 3.73. The summed E-state index contributed by atoms with van der Waals surface area (Å²) in [4.78, 5) is 11.7. The van der Waals surface area contributed by atoms with Gasteiger partial charge in [0.1, 0.15) is 31.0 Å². The third kappa shape index (κ3) is 3.53. The Morgan fingerprint density at radius 3 is 2.86 bits per heavy atom. The number of methoxy groups -OCH3 is 1. The van der Waals surface area contributed by atoms with Crippen LogP contribution in [0.25, 0.3) is 0 Å². The first-order valence-corrected chi connectivity index (χ1v) is 7.02. The van der Waals surface area contributed by atoms with E-state index in [2.05, 4.69) is 5.32 Å². The van der Waals surface area contributed by atoms with Crippen LogP contribution in [0.4, 0.5) is 4.79 Å². The molecule has 2 fully saturated rings. The van der Waals surface area contributed by atoms with Gasteiger partial charge < -0.3 is 24.3 Å². The standard InChI is InChI=1S/C15H19NO5/c1-18-11(13-14-12(21-14)9-19-13)7-16-15(17)20-8-10-5-3-2-4-6-10/h2-6,11-14H,7-9H2,1H3,(H,16,17)/t11-,12-,13-,14-/m1/s1. The molecule has 0 aliphatic carbocycles. The number of nitrogens with one attached hydrogen (secondary N) is 1. The number of amides is 1. The van der Waals surface area contributed by atoms with Gasteiger partial charge in [-0.25, -0.2) is 4.79 Å². The molecule has 0 bridgehead atoms. The monoisotopic (exact) mass is 293 g/mol. The Kier molecular flexibility index (Phi) is 4.38. The Bertz CT molecular complexity index is 480. The van der Waals surface area contributed by atoms with Crippen LogP contribution in [0.15, 0.2) is 30.3 Å². The number of benzene rings is 1. The quantitative estimate of drug-likeness (QED) is 0.795. The van der Waals surface area contributed by atoms with Crippen LogP contribution in [-0.4, -0.2) is 50.8 Å². The molecule has 4 atom stereocenters. The lowest BCUT2D eigenvalue weighted by Crippen LogP contribution is -2.42. The van der Waals surface area contributed by atoms with Crippen LogP contribution in [-0.2, 0) is 25.6 Å². The van der Waals surface area contributed by atoms with Gasteiger partial charge in [-0.1, -0.05) is 30.3 Å². The summed E-state index contributed by atoms with van der Waals surface area (Å²) < 4.78 is 21.5. The minimum Gasteiger partial charge on any atom is -0.445 e. The van der Waals surface area contributed by atoms with Gasteiger partial charge in [-0.05, 0) is 5.56 Å². The van der Waals surface area contributed by atoms with Crippen molar-refractivity contribution in [3.63, 3.8) is 0 Å². The molecule has 1 aromatic carbocycles. The molecule has 0 unspecified atom stereocenters. The molecule has 21 heavy (non-hydrogen) atoms. The predicted octanol–water partition coefficient (Wildman–Crippen LogP) is 1.09. The minimum atomic E-state index is -0.466. The lowest BCUT2D eigenvalue weighted by molar-refractivity contribution is -0.0630. The highest BCUT2D eigenvalue weighted by molar-refractivity contribution is 5.67. The SMILES string of the molecule is CO[C@H](CNC(=O)OCc1ccccc1)[C@H]1OC[C@H]2O[C@@H]12. The molecular weight excluding hydrogens is 274 g/mol. The van der Waals surface area contributed by atoms with E-state index in [1.165, 1.54) is 0 Å². The highest BCUT2D eigenvalue weighted by Gasteiger charge is 2.54. The highest BCUT2D eigenvalue weighted by Crippen LogP contribution is 2.36. The molecule has 0 spiro atoms. The summed E-state index contributed by atoms with van der Waals surface area (Å²) in [6.07, 6.45) is -0.497. The molecule has 114 valence electrons. The van der Waals surface area contributed by atoms with Crippen LogP contribution in [0.5, 0.6) is 0 Å². The van der Waals surface area contributed by atoms with Crippen LogP contribution in [0.1, 0.15) is 5.56 Å². The molecule has 1 N–H and O–H groups in total. The zero-order chi connectivity index (χ0) is 14.7. The van der Waals surface area contributed by atoms with Crippen molar-refractivity contribution in [2.45, 2.75) is 31.0 Å². The highest BCUT2D eigenvalue weighted by atomic mass is 16.7. The summed E-state index contributed by atoms with van der Waals surface area (Å²) in [6, 6.07) is 9.54. The molecule has 0 saturated carbocycles. The number of epoxide rings is 1. The maximum absolute atomic E-state index is 11.7. The van der Waals surface area contributed by atoms with Gasteiger partial charge in [0.2, 0.25) is 0 Å². The fourth-order valence-corrected chi connectivity index (χ4v) is 2.49. The lowest BCUT2D eigenvalue weighted by atomic mass is 10.1. The van der Waals surface area contributed by atoms with Gasteiger partial charge >= 0.3 is 6.09 Å². The van der Waals surface area contributed by atoms with E-state index in [4.69, 9.17) is 18.9 Å². The molecule has 1 aromatic rings. The third-order valence-corrected chi connectivity index (χ3v) is 3.73. The van der Waals surface area contributed by atoms with Gasteiger partial charge in [-0.2, -0.15) is 0 Å². The molecule has 6 nitrogen and oxygen atoms in total. The first kappa shape index (κ1) is 14.3. The van der Waals surface area contributed by atoms with Gasteiger partial charge in [0.25, 0.3) is 0 Å². The van der Waals surface area contributed by atoms with Crippen molar-refractivity contribution in [3.8, 4) is 0 Å². The summed E-state index contributed by atoms with van der Waals surface area (Å²) in [7, 11) is 1.60. The number of hydrogen-bond acceptors (Lipinski definition) is 5. The van der Waals surface area contributed by atoms with Crippen LogP contribution in [0.3, 0.4) is 0 Å². The van der Waals surface area contributed by atoms with Crippen molar-refractivity contribution < 1.29 is 23.7 Å². The number of rotatable bonds is 6. The zero-order valence-corrected chi connectivity index (χ0v) is 11.9. The Balaban J connectivity index is 1.40. The predicted molar refractivity (Wildman–Crippen MR) is 73.8 cm³/mol. The van der Waals surface area contributed by atoms with E-state index >= 15 is 0 Å². The summed E-state index contributed by atoms with van der Waals surface area (Å²) in [6.45, 7) is 1.19. The van der Waals surface area contributed by atoms with Crippen molar-refractivity contribution in [2.75, 3.05) is 20.3 Å². The number of alkyl carbamates (subject to hydrolysis) is 1. The van der Waals surface area contributed by atoms with E-state index in [9.17, 15) is 4.79 Å². The van der Waals surface area contributed by atoms with Crippen LogP contribution < -0.4 is 5.32 Å². The number of ether oxygens (including phenoxy) is 4. The molecule has 1 amide bonds. The Morgan fingerprint density at radius 2 is 2.24 bits per heavy atom. The summed E-state index contributed by atoms with van der Waals surface area (Å²) in [5.74, 6) is 0. The van der Waals surface area contributed by atoms with Crippen LogP contribution >= 0.6 is 0 Å². The second-order valence-corrected chi connectivity index (χ2v) is 5.15. The van der Waals surface area contributed by atoms with E-state index in [0.717, 1.165) is 5.56 Å². The largest absolute Gasteiger partial charge is 0.445 e. The maximum atomic E-state index is 11.7. The van der Waals surface area contributed by atoms with Crippen molar-refractivity contribution in [2.24, 2.45) is 0 Å². The van der Waals surface area contributed by atoms with Gasteiger partial charge in [0.05, 0.1) is 6.61 Å². The fourth-order valence-electron chi connectivity index (χ4n) is 2.49. The molecule has 2 aliphatic heterocycles. The minimum absolute atomic E-state index is 0.108. The molecule has 2 aliphatic rings. The topological polar surface area (TPSA) is 69.3 Å². The van der Waals surface area contributed by atoms with Crippen LogP contribution in [0.2, 0.25) is 0 Å². The lowest BCUT2D eigenvalue weighted by Gasteiger charge is -2.22. The average molecular weight is 293 g/mol. The molecule has 3 rings (SSSR count). The number of carbonyl (C=O) groups is 1. The summed E-state index contributed by atoms with van der Waals surface area (Å²) in [5.41, 5.74) is 0.948. The average Bonchev–Trinajstić information content (AvgIpc) is 3.19. The van der Waals surface area contributed by atoms with Crippen LogP contribution in [0, 0.1) is 0 Å². The Morgan fingerprint density at radius 1 is 1.43 bits per heavy atom. The second kappa shape index (κ2) is 6.43. The fraction of sp³-hybridized carbons (Fsp3) is 0.533. The first-order chi connectivity index (χ1) is 10.3. The molecule has 2 saturated heterocycles. The smallest absolute Gasteiger partial charge is 0.407 e. The van der Waals surface area contributed by atoms with E-state index in [0.29, 0.717) is 13.2 Å². The second-order valence-electron chi connectivity index (χ2n) is 5.15. The van der Waals surface area contributed by atoms with E-state index in [1.54, 1.807) is 7.11 Å². The van der Waals surface area contributed by atoms with Crippen molar-refractivity contribution in [3.05, 3.63) is 35.9 Å². The van der Waals surface area contributed by atoms with Gasteiger partial charge in [0, 0.05) is 13.7 Å².